The number of aromatic nitrogens is 1. The molecule has 158 valence electrons. The minimum atomic E-state index is -0.199. The second-order valence-electron chi connectivity index (χ2n) is 10.6. The molecule has 1 heterocycles. The summed E-state index contributed by atoms with van der Waals surface area (Å²) in [6, 6.07) is 6.74. The highest BCUT2D eigenvalue weighted by atomic mass is 32.1. The molecule has 0 bridgehead atoms. The molecule has 4 aliphatic rings. The van der Waals surface area contributed by atoms with E-state index < -0.39 is 0 Å². The number of allylic oxidation sites excluding steroid dienone is 2. The van der Waals surface area contributed by atoms with Crippen molar-refractivity contribution < 1.29 is 9.50 Å². The highest BCUT2D eigenvalue weighted by Gasteiger charge is 2.58. The molecular weight excluding hydrogens is 393 g/mol. The predicted molar refractivity (Wildman–Crippen MR) is 120 cm³/mol. The lowest BCUT2D eigenvalue weighted by molar-refractivity contribution is -0.0579. The van der Waals surface area contributed by atoms with Crippen molar-refractivity contribution in [3.63, 3.8) is 0 Å². The van der Waals surface area contributed by atoms with Gasteiger partial charge in [0.25, 0.3) is 0 Å². The standard InChI is InChI=1S/C26H30FNOS/c1-25-14-12-21-23(28-24(30-21)15-3-5-16(27)6-4-15)20(25)8-7-17-18-9-10-22(29)26(18,2)13-11-19(17)25/h3-6,8,17-19,22,29H,7,9-14H2,1-2H3/t17-,18-,19-,22-,25+,26-/m0/s1. The lowest BCUT2D eigenvalue weighted by Crippen LogP contribution is -2.50. The number of benzene rings is 1. The van der Waals surface area contributed by atoms with Gasteiger partial charge in [-0.15, -0.1) is 11.3 Å². The number of hydrogen-bond donors (Lipinski definition) is 1. The number of aliphatic hydroxyl groups excluding tert-OH is 1. The Morgan fingerprint density at radius 1 is 1.07 bits per heavy atom. The zero-order chi connectivity index (χ0) is 20.7. The van der Waals surface area contributed by atoms with Crippen LogP contribution in [0.3, 0.4) is 0 Å². The molecule has 1 aromatic carbocycles. The number of thiazole rings is 1. The van der Waals surface area contributed by atoms with Crippen molar-refractivity contribution in [2.75, 3.05) is 0 Å². The normalized spacial score (nSPS) is 39.5. The highest BCUT2D eigenvalue weighted by Crippen LogP contribution is 2.66. The molecule has 0 unspecified atom stereocenters. The number of rotatable bonds is 1. The third-order valence-corrected chi connectivity index (χ3v) is 10.5. The largest absolute Gasteiger partial charge is 0.393 e. The smallest absolute Gasteiger partial charge is 0.124 e. The van der Waals surface area contributed by atoms with Crippen LogP contribution in [0.1, 0.15) is 62.9 Å². The van der Waals surface area contributed by atoms with E-state index >= 15 is 0 Å². The minimum Gasteiger partial charge on any atom is -0.393 e. The molecule has 0 radical (unpaired) electrons. The average Bonchev–Trinajstić information content (AvgIpc) is 3.29. The van der Waals surface area contributed by atoms with Crippen molar-refractivity contribution in [2.45, 2.75) is 64.9 Å². The number of aliphatic hydroxyl groups is 1. The molecule has 30 heavy (non-hydrogen) atoms. The first-order chi connectivity index (χ1) is 14.4. The van der Waals surface area contributed by atoms with E-state index in [1.807, 2.05) is 12.1 Å². The Hall–Kier alpha value is -1.52. The van der Waals surface area contributed by atoms with Crippen molar-refractivity contribution in [3.8, 4) is 10.6 Å². The highest BCUT2D eigenvalue weighted by molar-refractivity contribution is 7.15. The molecule has 6 rings (SSSR count). The van der Waals surface area contributed by atoms with Gasteiger partial charge in [-0.25, -0.2) is 9.37 Å². The van der Waals surface area contributed by atoms with Gasteiger partial charge < -0.3 is 5.11 Å². The van der Waals surface area contributed by atoms with E-state index in [4.69, 9.17) is 4.98 Å². The monoisotopic (exact) mass is 423 g/mol. The van der Waals surface area contributed by atoms with E-state index in [2.05, 4.69) is 19.9 Å². The Balaban J connectivity index is 1.38. The zero-order valence-electron chi connectivity index (χ0n) is 17.8. The van der Waals surface area contributed by atoms with Crippen molar-refractivity contribution >= 4 is 16.9 Å². The van der Waals surface area contributed by atoms with E-state index in [0.29, 0.717) is 17.8 Å². The topological polar surface area (TPSA) is 33.1 Å². The fourth-order valence-electron chi connectivity index (χ4n) is 7.57. The fraction of sp³-hybridized carbons (Fsp3) is 0.577. The van der Waals surface area contributed by atoms with Crippen LogP contribution in [0, 0.1) is 34.4 Å². The Labute approximate surface area is 182 Å². The minimum absolute atomic E-state index is 0.114. The van der Waals surface area contributed by atoms with Crippen LogP contribution >= 0.6 is 11.3 Å². The molecule has 2 nitrogen and oxygen atoms in total. The number of fused-ring (bicyclic) bond motifs is 7. The van der Waals surface area contributed by atoms with Gasteiger partial charge in [0, 0.05) is 10.4 Å². The molecule has 4 aliphatic carbocycles. The van der Waals surface area contributed by atoms with Crippen LogP contribution < -0.4 is 0 Å². The zero-order valence-corrected chi connectivity index (χ0v) is 18.6. The summed E-state index contributed by atoms with van der Waals surface area (Å²) >= 11 is 1.79. The van der Waals surface area contributed by atoms with Gasteiger partial charge in [0.05, 0.1) is 11.8 Å². The second-order valence-corrected chi connectivity index (χ2v) is 11.7. The van der Waals surface area contributed by atoms with E-state index in [9.17, 15) is 9.50 Å². The molecule has 2 fully saturated rings. The van der Waals surface area contributed by atoms with Crippen LogP contribution in [0.2, 0.25) is 0 Å². The van der Waals surface area contributed by atoms with Gasteiger partial charge in [0.2, 0.25) is 0 Å². The van der Waals surface area contributed by atoms with Crippen LogP contribution in [0.25, 0.3) is 16.1 Å². The first-order valence-corrected chi connectivity index (χ1v) is 12.4. The van der Waals surface area contributed by atoms with Crippen LogP contribution in [-0.4, -0.2) is 16.2 Å². The number of halogens is 1. The summed E-state index contributed by atoms with van der Waals surface area (Å²) in [5, 5.41) is 11.7. The average molecular weight is 424 g/mol. The summed E-state index contributed by atoms with van der Waals surface area (Å²) in [6.07, 6.45) is 10.4. The molecule has 4 heteroatoms. The SMILES string of the molecule is C[C@]12CC[C@H]3[C@@H](CC=C4c5nc(-c6ccc(F)cc6)sc5CC[C@@]43C)[C@@H]1CC[C@@H]2O. The summed E-state index contributed by atoms with van der Waals surface area (Å²) < 4.78 is 13.4. The Morgan fingerprint density at radius 2 is 1.87 bits per heavy atom. The van der Waals surface area contributed by atoms with E-state index in [0.717, 1.165) is 36.3 Å². The first-order valence-electron chi connectivity index (χ1n) is 11.5. The van der Waals surface area contributed by atoms with E-state index in [1.165, 1.54) is 47.5 Å². The molecule has 6 atom stereocenters. The number of hydrogen-bond acceptors (Lipinski definition) is 3. The number of aryl methyl sites for hydroxylation is 1. The lowest BCUT2D eigenvalue weighted by atomic mass is 9.48. The van der Waals surface area contributed by atoms with Gasteiger partial charge in [0.15, 0.2) is 0 Å². The third kappa shape index (κ3) is 2.53. The van der Waals surface area contributed by atoms with Gasteiger partial charge in [-0.1, -0.05) is 19.9 Å². The van der Waals surface area contributed by atoms with Gasteiger partial charge in [-0.2, -0.15) is 0 Å². The van der Waals surface area contributed by atoms with Crippen molar-refractivity contribution in [1.29, 1.82) is 0 Å². The Morgan fingerprint density at radius 3 is 2.67 bits per heavy atom. The van der Waals surface area contributed by atoms with Crippen molar-refractivity contribution in [3.05, 3.63) is 46.7 Å². The summed E-state index contributed by atoms with van der Waals surface area (Å²) in [7, 11) is 0. The molecule has 0 spiro atoms. The van der Waals surface area contributed by atoms with Gasteiger partial charge in [-0.05, 0) is 103 Å². The predicted octanol–water partition coefficient (Wildman–Crippen LogP) is 6.49. The van der Waals surface area contributed by atoms with Gasteiger partial charge in [0.1, 0.15) is 10.8 Å². The second kappa shape index (κ2) is 6.49. The van der Waals surface area contributed by atoms with Crippen molar-refractivity contribution in [2.24, 2.45) is 28.6 Å². The van der Waals surface area contributed by atoms with Crippen molar-refractivity contribution in [1.82, 2.24) is 4.98 Å². The van der Waals surface area contributed by atoms with Crippen LogP contribution in [0.15, 0.2) is 30.3 Å². The summed E-state index contributed by atoms with van der Waals surface area (Å²) in [5.74, 6) is 1.86. The molecule has 0 aliphatic heterocycles. The molecular formula is C26H30FNOS. The maximum Gasteiger partial charge on any atom is 0.124 e. The maximum atomic E-state index is 13.4. The molecule has 0 saturated heterocycles. The van der Waals surface area contributed by atoms with Crippen LogP contribution in [-0.2, 0) is 6.42 Å². The third-order valence-electron chi connectivity index (χ3n) is 9.33. The molecule has 1 aromatic heterocycles. The molecule has 2 aromatic rings. The quantitative estimate of drug-likeness (QED) is 0.568. The van der Waals surface area contributed by atoms with E-state index in [-0.39, 0.29) is 22.8 Å². The lowest BCUT2D eigenvalue weighted by Gasteiger charge is -2.56. The summed E-state index contributed by atoms with van der Waals surface area (Å²) in [5.41, 5.74) is 4.01. The molecule has 0 amide bonds. The van der Waals surface area contributed by atoms with Gasteiger partial charge >= 0.3 is 0 Å². The summed E-state index contributed by atoms with van der Waals surface area (Å²) in [6.45, 7) is 4.84. The maximum absolute atomic E-state index is 13.4. The first kappa shape index (κ1) is 19.2. The van der Waals surface area contributed by atoms with Crippen LogP contribution in [0.5, 0.6) is 0 Å². The van der Waals surface area contributed by atoms with E-state index in [1.54, 1.807) is 11.3 Å². The number of nitrogens with zero attached hydrogens (tertiary/aromatic N) is 1. The molecule has 2 saturated carbocycles. The Kier molecular flexibility index (Phi) is 4.15. The van der Waals surface area contributed by atoms with Crippen LogP contribution in [0.4, 0.5) is 4.39 Å². The Bertz CT molecular complexity index is 1030. The summed E-state index contributed by atoms with van der Waals surface area (Å²) in [4.78, 5) is 6.49. The fourth-order valence-corrected chi connectivity index (χ4v) is 8.66. The molecule has 1 N–H and O–H groups in total. The van der Waals surface area contributed by atoms with Gasteiger partial charge in [-0.3, -0.25) is 0 Å².